The molecule has 0 bridgehead atoms. The van der Waals surface area contributed by atoms with Gasteiger partial charge in [-0.05, 0) is 74.9 Å². The second kappa shape index (κ2) is 21.0. The van der Waals surface area contributed by atoms with Crippen LogP contribution in [-0.2, 0) is 51.2 Å². The zero-order valence-electron chi connectivity index (χ0n) is 33.9. The number of nitrogens with two attached hydrogens (primary N) is 1. The van der Waals surface area contributed by atoms with E-state index in [0.29, 0.717) is 27.5 Å². The van der Waals surface area contributed by atoms with E-state index in [1.807, 2.05) is 13.8 Å². The third-order valence-corrected chi connectivity index (χ3v) is 10.5. The molecule has 57 heavy (non-hydrogen) atoms. The maximum absolute atomic E-state index is 13.7. The Hall–Kier alpha value is -4.17. The summed E-state index contributed by atoms with van der Waals surface area (Å²) in [5, 5.41) is 16.4. The van der Waals surface area contributed by atoms with E-state index in [-0.39, 0.29) is 44.9 Å². The molecule has 314 valence electrons. The number of hydrogen-bond acceptors (Lipinski definition) is 11. The number of ether oxygens (including phenoxy) is 4. The first-order valence-electron chi connectivity index (χ1n) is 18.9. The second-order valence-corrected chi connectivity index (χ2v) is 17.0. The molecular weight excluding hydrogens is 777 g/mol. The molecule has 15 heteroatoms. The summed E-state index contributed by atoms with van der Waals surface area (Å²) in [6, 6.07) is 10.8. The van der Waals surface area contributed by atoms with Crippen molar-refractivity contribution in [1.29, 1.82) is 0 Å². The van der Waals surface area contributed by atoms with Crippen molar-refractivity contribution >= 4 is 52.9 Å². The predicted octanol–water partition coefficient (Wildman–Crippen LogP) is 5.35. The van der Waals surface area contributed by atoms with E-state index >= 15 is 0 Å². The van der Waals surface area contributed by atoms with Crippen LogP contribution in [0.25, 0.3) is 0 Å². The van der Waals surface area contributed by atoms with Crippen molar-refractivity contribution in [2.75, 3.05) is 20.2 Å². The molecular formula is C42H57Cl2N3O10. The molecule has 1 aliphatic rings. The number of methoxy groups -OCH3 is 1. The third kappa shape index (κ3) is 13.7. The minimum absolute atomic E-state index is 0.0192. The number of hydrogen-bond donors (Lipinski definition) is 4. The molecule has 5 N–H and O–H groups in total. The molecule has 6 atom stereocenters. The molecule has 0 saturated carbocycles. The fourth-order valence-corrected chi connectivity index (χ4v) is 6.33. The van der Waals surface area contributed by atoms with Crippen LogP contribution in [-0.4, -0.2) is 79.4 Å². The summed E-state index contributed by atoms with van der Waals surface area (Å²) in [6.07, 6.45) is -0.765. The first-order chi connectivity index (χ1) is 26.7. The fraction of sp³-hybridized carbons (Fsp3) is 0.548. The van der Waals surface area contributed by atoms with Crippen molar-refractivity contribution in [3.63, 3.8) is 0 Å². The number of rotatable bonds is 13. The maximum Gasteiger partial charge on any atom is 0.348 e. The lowest BCUT2D eigenvalue weighted by molar-refractivity contribution is -0.178. The highest BCUT2D eigenvalue weighted by Gasteiger charge is 2.38. The summed E-state index contributed by atoms with van der Waals surface area (Å²) in [4.78, 5) is 66.5. The second-order valence-electron chi connectivity index (χ2n) is 16.1. The molecule has 0 saturated heterocycles. The van der Waals surface area contributed by atoms with Gasteiger partial charge in [0.15, 0.2) is 6.10 Å². The number of cyclic esters (lactones) is 2. The summed E-state index contributed by atoms with van der Waals surface area (Å²) >= 11 is 13.1. The number of esters is 3. The smallest absolute Gasteiger partial charge is 0.348 e. The number of aliphatic hydroxyl groups excluding tert-OH is 1. The van der Waals surface area contributed by atoms with Crippen LogP contribution in [0, 0.1) is 22.7 Å². The topological polar surface area (TPSA) is 193 Å². The number of aliphatic hydroxyl groups is 1. The van der Waals surface area contributed by atoms with E-state index in [1.165, 1.54) is 19.3 Å². The van der Waals surface area contributed by atoms with Crippen molar-refractivity contribution in [2.45, 2.75) is 104 Å². The van der Waals surface area contributed by atoms with Gasteiger partial charge in [0.2, 0.25) is 11.8 Å². The Balaban J connectivity index is 1.90. The van der Waals surface area contributed by atoms with E-state index in [4.69, 9.17) is 47.9 Å². The Kier molecular flexibility index (Phi) is 17.4. The molecule has 3 rings (SSSR count). The van der Waals surface area contributed by atoms with Crippen LogP contribution < -0.4 is 21.1 Å². The number of carbonyl (C=O) groups is 5. The lowest BCUT2D eigenvalue weighted by Crippen LogP contribution is -2.51. The molecule has 1 heterocycles. The zero-order chi connectivity index (χ0) is 42.7. The van der Waals surface area contributed by atoms with Crippen LogP contribution in [0.2, 0.25) is 5.02 Å². The maximum atomic E-state index is 13.7. The van der Waals surface area contributed by atoms with E-state index < -0.39 is 76.2 Å². The van der Waals surface area contributed by atoms with E-state index in [2.05, 4.69) is 10.6 Å². The minimum atomic E-state index is -1.31. The summed E-state index contributed by atoms with van der Waals surface area (Å²) < 4.78 is 22.3. The lowest BCUT2D eigenvalue weighted by atomic mass is 9.91. The molecule has 0 fully saturated rings. The average molecular weight is 835 g/mol. The largest absolute Gasteiger partial charge is 0.495 e. The molecule has 13 nitrogen and oxygen atoms in total. The molecule has 0 radical (unpaired) electrons. The highest BCUT2D eigenvalue weighted by atomic mass is 35.5. The first-order valence-corrected chi connectivity index (χ1v) is 19.8. The normalized spacial score (nSPS) is 21.4. The van der Waals surface area contributed by atoms with Crippen LogP contribution >= 0.6 is 23.2 Å². The highest BCUT2D eigenvalue weighted by molar-refractivity contribution is 6.32. The van der Waals surface area contributed by atoms with Crippen LogP contribution in [0.5, 0.6) is 5.75 Å². The fourth-order valence-electron chi connectivity index (χ4n) is 5.67. The Morgan fingerprint density at radius 3 is 2.30 bits per heavy atom. The predicted molar refractivity (Wildman–Crippen MR) is 216 cm³/mol. The highest BCUT2D eigenvalue weighted by Crippen LogP contribution is 2.32. The van der Waals surface area contributed by atoms with Gasteiger partial charge in [0.1, 0.15) is 24.5 Å². The van der Waals surface area contributed by atoms with Gasteiger partial charge in [0, 0.05) is 31.8 Å². The standard InChI is InChI=1S/C42H57Cl2N3O10/c1-24(2)18-33-38(51)56-31(25(3)36(49)35(44)28-15-12-26(13-16-28)21-55-39(52)41(4,5)22-45)10-9-11-34(48)47-30(20-27-14-17-32(54-8)29(43)19-27)37(50)46-23-42(6,7)40(53)57-33/h9-10,12-17,19,24-25,30-31,33,35-36,49H,11,18,20-23,45H2,1-8H3,(H,46,50)(H,47,48)/t25-,30+,31-,33-,35?,36?/m0/s1. The summed E-state index contributed by atoms with van der Waals surface area (Å²) in [5.74, 6) is -3.55. The van der Waals surface area contributed by atoms with E-state index in [0.717, 1.165) is 0 Å². The van der Waals surface area contributed by atoms with Gasteiger partial charge >= 0.3 is 17.9 Å². The molecule has 2 unspecified atom stereocenters. The lowest BCUT2D eigenvalue weighted by Gasteiger charge is -2.31. The Morgan fingerprint density at radius 1 is 1.05 bits per heavy atom. The first kappa shape index (κ1) is 47.2. The van der Waals surface area contributed by atoms with Gasteiger partial charge in [0.05, 0.1) is 34.4 Å². The molecule has 2 amide bonds. The Labute approximate surface area is 345 Å². The van der Waals surface area contributed by atoms with Gasteiger partial charge < -0.3 is 40.4 Å². The molecule has 0 aliphatic carbocycles. The summed E-state index contributed by atoms with van der Waals surface area (Å²) in [5.41, 5.74) is 5.46. The monoisotopic (exact) mass is 833 g/mol. The van der Waals surface area contributed by atoms with Gasteiger partial charge in [-0.1, -0.05) is 68.8 Å². The summed E-state index contributed by atoms with van der Waals surface area (Å²) in [6.45, 7) is 11.9. The Bertz CT molecular complexity index is 1750. The molecule has 1 aliphatic heterocycles. The van der Waals surface area contributed by atoms with Gasteiger partial charge in [-0.15, -0.1) is 11.6 Å². The number of carbonyl (C=O) groups excluding carboxylic acids is 5. The number of nitrogens with one attached hydrogen (secondary N) is 2. The van der Waals surface area contributed by atoms with E-state index in [1.54, 1.807) is 77.1 Å². The quantitative estimate of drug-likeness (QED) is 0.0880. The van der Waals surface area contributed by atoms with Crippen LogP contribution in [0.4, 0.5) is 0 Å². The van der Waals surface area contributed by atoms with Crippen LogP contribution in [0.3, 0.4) is 0 Å². The van der Waals surface area contributed by atoms with Gasteiger partial charge in [-0.2, -0.15) is 0 Å². The molecule has 2 aromatic rings. The van der Waals surface area contributed by atoms with Crippen molar-refractivity contribution in [1.82, 2.24) is 10.6 Å². The van der Waals surface area contributed by atoms with Crippen molar-refractivity contribution < 1.29 is 48.0 Å². The van der Waals surface area contributed by atoms with Crippen molar-refractivity contribution in [3.8, 4) is 5.75 Å². The van der Waals surface area contributed by atoms with Gasteiger partial charge in [-0.3, -0.25) is 19.2 Å². The third-order valence-electron chi connectivity index (χ3n) is 9.73. The van der Waals surface area contributed by atoms with Crippen molar-refractivity contribution in [3.05, 3.63) is 76.3 Å². The number of alkyl halides is 1. The average Bonchev–Trinajstić information content (AvgIpc) is 3.16. The van der Waals surface area contributed by atoms with Gasteiger partial charge in [0.25, 0.3) is 0 Å². The van der Waals surface area contributed by atoms with E-state index in [9.17, 15) is 29.1 Å². The minimum Gasteiger partial charge on any atom is -0.495 e. The number of halogens is 2. The Morgan fingerprint density at radius 2 is 1.70 bits per heavy atom. The number of amides is 2. The van der Waals surface area contributed by atoms with Crippen molar-refractivity contribution in [2.24, 2.45) is 28.4 Å². The summed E-state index contributed by atoms with van der Waals surface area (Å²) in [7, 11) is 1.48. The van der Waals surface area contributed by atoms with Crippen LogP contribution in [0.1, 0.15) is 83.4 Å². The molecule has 0 spiro atoms. The zero-order valence-corrected chi connectivity index (χ0v) is 35.4. The SMILES string of the molecule is COc1ccc(C[C@H]2NC(=O)CC=C[C@@H]([C@H](C)C(O)C(Cl)c3ccc(COC(=O)C(C)(C)CN)cc3)OC(=O)[C@H](CC(C)C)OC(=O)C(C)(C)CNC2=O)cc1Cl. The molecule has 2 aromatic carbocycles. The van der Waals surface area contributed by atoms with Gasteiger partial charge in [-0.25, -0.2) is 4.79 Å². The molecule has 0 aromatic heterocycles. The number of benzene rings is 2. The van der Waals surface area contributed by atoms with Crippen LogP contribution in [0.15, 0.2) is 54.6 Å².